The zero-order valence-electron chi connectivity index (χ0n) is 10.8. The van der Waals surface area contributed by atoms with E-state index < -0.39 is 0 Å². The molecule has 6 nitrogen and oxygen atoms in total. The molecule has 0 aliphatic heterocycles. The summed E-state index contributed by atoms with van der Waals surface area (Å²) in [4.78, 5) is 0. The molecule has 6 N–H and O–H groups in total. The normalized spacial score (nSPS) is 10.7. The quantitative estimate of drug-likeness (QED) is 0.154. The summed E-state index contributed by atoms with van der Waals surface area (Å²) in [5, 5.41) is 9.42. The highest BCUT2D eigenvalue weighted by molar-refractivity contribution is 6.49. The first-order chi connectivity index (χ1) is 7.85. The van der Waals surface area contributed by atoms with E-state index in [9.17, 15) is 0 Å². The first-order valence-corrected chi connectivity index (χ1v) is 6.30. The molecule has 0 spiro atoms. The molecule has 0 aliphatic rings. The molecule has 0 aromatic heterocycles. The van der Waals surface area contributed by atoms with E-state index in [1.165, 1.54) is 0 Å². The van der Waals surface area contributed by atoms with Crippen LogP contribution < -0.4 is 32.3 Å². The smallest absolute Gasteiger partial charge is 0.266 e. The zero-order chi connectivity index (χ0) is 12.1. The molecule has 16 heavy (non-hydrogen) atoms. The molecular weight excluding hydrogens is 203 g/mol. The molecule has 0 saturated heterocycles. The van der Waals surface area contributed by atoms with Crippen LogP contribution in [0.1, 0.15) is 40.0 Å². The van der Waals surface area contributed by atoms with Crippen molar-refractivity contribution in [1.82, 2.24) is 32.3 Å². The Hall–Kier alpha value is -0.175. The minimum absolute atomic E-state index is 0.0374. The number of hydrazine groups is 3. The van der Waals surface area contributed by atoms with Crippen molar-refractivity contribution < 1.29 is 0 Å². The van der Waals surface area contributed by atoms with Gasteiger partial charge in [0, 0.05) is 19.6 Å². The highest BCUT2D eigenvalue weighted by Crippen LogP contribution is 1.69. The van der Waals surface area contributed by atoms with E-state index in [1.54, 1.807) is 0 Å². The maximum absolute atomic E-state index is 3.14. The standard InChI is InChI=1S/C9H27BN6/c1-4-7-11-14-10(15-12-8-5-2)16-13-9-6-3/h11-16H,4-9H2,1-3H3. The molecule has 0 aliphatic carbocycles. The third-order valence-corrected chi connectivity index (χ3v) is 1.86. The van der Waals surface area contributed by atoms with Crippen LogP contribution in [0.4, 0.5) is 0 Å². The van der Waals surface area contributed by atoms with Gasteiger partial charge in [0.1, 0.15) is 0 Å². The van der Waals surface area contributed by atoms with Gasteiger partial charge in [-0.05, 0) is 19.3 Å². The fourth-order valence-corrected chi connectivity index (χ4v) is 1.01. The summed E-state index contributed by atoms with van der Waals surface area (Å²) in [6.07, 6.45) is 3.31. The predicted octanol–water partition coefficient (Wildman–Crippen LogP) is -0.516. The van der Waals surface area contributed by atoms with E-state index in [0.29, 0.717) is 0 Å². The molecular formula is C9H27BN6. The van der Waals surface area contributed by atoms with Gasteiger partial charge in [0.25, 0.3) is 0 Å². The van der Waals surface area contributed by atoms with Crippen LogP contribution in [0, 0.1) is 0 Å². The average Bonchev–Trinajstić information content (AvgIpc) is 2.29. The summed E-state index contributed by atoms with van der Waals surface area (Å²) in [6.45, 7) is 9.24. The lowest BCUT2D eigenvalue weighted by Crippen LogP contribution is -2.68. The van der Waals surface area contributed by atoms with Crippen molar-refractivity contribution in [2.75, 3.05) is 19.6 Å². The Balaban J connectivity index is 3.58. The van der Waals surface area contributed by atoms with Crippen LogP contribution in [0.5, 0.6) is 0 Å². The van der Waals surface area contributed by atoms with Crippen molar-refractivity contribution in [1.29, 1.82) is 0 Å². The third-order valence-electron chi connectivity index (χ3n) is 1.86. The highest BCUT2D eigenvalue weighted by Gasteiger charge is 2.12. The van der Waals surface area contributed by atoms with Gasteiger partial charge in [-0.25, -0.2) is 0 Å². The van der Waals surface area contributed by atoms with E-state index in [2.05, 4.69) is 53.1 Å². The van der Waals surface area contributed by atoms with Crippen LogP contribution in [-0.4, -0.2) is 26.8 Å². The van der Waals surface area contributed by atoms with Crippen LogP contribution in [-0.2, 0) is 0 Å². The molecule has 0 aromatic rings. The molecule has 0 saturated carbocycles. The second kappa shape index (κ2) is 12.9. The molecule has 0 amide bonds. The van der Waals surface area contributed by atoms with Gasteiger partial charge in [-0.2, -0.15) is 0 Å². The van der Waals surface area contributed by atoms with Crippen LogP contribution in [0.2, 0.25) is 0 Å². The van der Waals surface area contributed by atoms with E-state index >= 15 is 0 Å². The van der Waals surface area contributed by atoms with Crippen LogP contribution in [0.15, 0.2) is 0 Å². The van der Waals surface area contributed by atoms with Gasteiger partial charge >= 0.3 is 7.12 Å². The average molecular weight is 230 g/mol. The predicted molar refractivity (Wildman–Crippen MR) is 70.0 cm³/mol. The summed E-state index contributed by atoms with van der Waals surface area (Å²) >= 11 is 0. The van der Waals surface area contributed by atoms with Gasteiger partial charge < -0.3 is 0 Å². The molecule has 0 atom stereocenters. The first kappa shape index (κ1) is 15.8. The monoisotopic (exact) mass is 230 g/mol. The lowest BCUT2D eigenvalue weighted by Gasteiger charge is -2.18. The molecule has 7 heteroatoms. The summed E-state index contributed by atoms with van der Waals surface area (Å²) in [5.74, 6) is 0. The SMILES string of the molecule is CCCNNB(NNCCC)NNCCC. The van der Waals surface area contributed by atoms with E-state index in [0.717, 1.165) is 38.9 Å². The lowest BCUT2D eigenvalue weighted by molar-refractivity contribution is 0.553. The zero-order valence-corrected chi connectivity index (χ0v) is 10.8. The summed E-state index contributed by atoms with van der Waals surface area (Å²) in [7, 11) is -0.0374. The maximum Gasteiger partial charge on any atom is 0.437 e. The second-order valence-electron chi connectivity index (χ2n) is 3.65. The molecule has 0 aromatic carbocycles. The Morgan fingerprint density at radius 1 is 0.625 bits per heavy atom. The minimum atomic E-state index is -0.0374. The second-order valence-corrected chi connectivity index (χ2v) is 3.65. The molecule has 0 unspecified atom stereocenters. The Bertz CT molecular complexity index is 113. The molecule has 0 fully saturated rings. The molecule has 0 bridgehead atoms. The van der Waals surface area contributed by atoms with Gasteiger partial charge in [-0.3, -0.25) is 32.3 Å². The van der Waals surface area contributed by atoms with E-state index in [4.69, 9.17) is 0 Å². The van der Waals surface area contributed by atoms with Crippen LogP contribution in [0.25, 0.3) is 0 Å². The molecule has 0 heterocycles. The highest BCUT2D eigenvalue weighted by atomic mass is 15.5. The van der Waals surface area contributed by atoms with Gasteiger partial charge in [-0.15, -0.1) is 0 Å². The topological polar surface area (TPSA) is 72.2 Å². The number of nitrogens with one attached hydrogen (secondary N) is 6. The third kappa shape index (κ3) is 10.3. The van der Waals surface area contributed by atoms with Crippen molar-refractivity contribution >= 4 is 7.12 Å². The van der Waals surface area contributed by atoms with Gasteiger partial charge in [-0.1, -0.05) is 20.8 Å². The molecule has 0 radical (unpaired) electrons. The first-order valence-electron chi connectivity index (χ1n) is 6.30. The molecule has 0 rings (SSSR count). The maximum atomic E-state index is 3.14. The summed E-state index contributed by atoms with van der Waals surface area (Å²) in [6, 6.07) is 0. The minimum Gasteiger partial charge on any atom is -0.266 e. The fraction of sp³-hybridized carbons (Fsp3) is 1.00. The Labute approximate surface area is 99.8 Å². The van der Waals surface area contributed by atoms with Crippen LogP contribution in [0.3, 0.4) is 0 Å². The van der Waals surface area contributed by atoms with Gasteiger partial charge in [0.05, 0.1) is 0 Å². The largest absolute Gasteiger partial charge is 0.437 e. The van der Waals surface area contributed by atoms with E-state index in [1.807, 2.05) is 0 Å². The summed E-state index contributed by atoms with van der Waals surface area (Å²) < 4.78 is 0. The number of rotatable bonds is 12. The Morgan fingerprint density at radius 3 is 1.19 bits per heavy atom. The number of hydrogen-bond donors (Lipinski definition) is 6. The number of hydrogen-bond acceptors (Lipinski definition) is 6. The van der Waals surface area contributed by atoms with Crippen molar-refractivity contribution in [3.63, 3.8) is 0 Å². The van der Waals surface area contributed by atoms with Crippen molar-refractivity contribution in [2.24, 2.45) is 0 Å². The van der Waals surface area contributed by atoms with Crippen molar-refractivity contribution in [3.05, 3.63) is 0 Å². The Kier molecular flexibility index (Phi) is 12.8. The van der Waals surface area contributed by atoms with Crippen molar-refractivity contribution in [3.8, 4) is 0 Å². The molecule has 96 valence electrons. The van der Waals surface area contributed by atoms with Crippen molar-refractivity contribution in [2.45, 2.75) is 40.0 Å². The lowest BCUT2D eigenvalue weighted by atomic mass is 10.0. The van der Waals surface area contributed by atoms with E-state index in [-0.39, 0.29) is 7.12 Å². The fourth-order valence-electron chi connectivity index (χ4n) is 1.01. The van der Waals surface area contributed by atoms with Gasteiger partial charge in [0.2, 0.25) is 0 Å². The van der Waals surface area contributed by atoms with Gasteiger partial charge in [0.15, 0.2) is 0 Å². The van der Waals surface area contributed by atoms with Crippen LogP contribution >= 0.6 is 0 Å². The summed E-state index contributed by atoms with van der Waals surface area (Å²) in [5.41, 5.74) is 9.40. The Morgan fingerprint density at radius 2 is 0.938 bits per heavy atom.